The van der Waals surface area contributed by atoms with Crippen molar-refractivity contribution in [3.63, 3.8) is 0 Å². The smallest absolute Gasteiger partial charge is 0.266 e. The van der Waals surface area contributed by atoms with Crippen molar-refractivity contribution in [1.29, 1.82) is 0 Å². The number of thioether (sulfide) groups is 1. The quantitative estimate of drug-likeness (QED) is 0.856. The molecule has 4 nitrogen and oxygen atoms in total. The zero-order chi connectivity index (χ0) is 14.7. The second kappa shape index (κ2) is 6.43. The largest absolute Gasteiger partial charge is 0.402 e. The molecule has 1 aliphatic heterocycles. The van der Waals surface area contributed by atoms with Crippen LogP contribution < -0.4 is 5.73 Å². The van der Waals surface area contributed by atoms with Gasteiger partial charge in [0.15, 0.2) is 0 Å². The molecule has 1 rings (SSSR count). The van der Waals surface area contributed by atoms with E-state index in [1.54, 1.807) is 17.9 Å². The van der Waals surface area contributed by atoms with Crippen molar-refractivity contribution in [3.05, 3.63) is 33.4 Å². The molecule has 2 N–H and O–H groups in total. The minimum Gasteiger partial charge on any atom is -0.402 e. The first-order valence-corrected chi connectivity index (χ1v) is 7.80. The maximum atomic E-state index is 12.2. The topological polar surface area (TPSA) is 58.7 Å². The Balaban J connectivity index is 3.49. The van der Waals surface area contributed by atoms with Crippen LogP contribution in [0.4, 0.5) is 0 Å². The predicted molar refractivity (Wildman–Crippen MR) is 86.0 cm³/mol. The molecule has 0 aromatic rings. The van der Waals surface area contributed by atoms with Crippen molar-refractivity contribution >= 4 is 39.4 Å². The second-order valence-corrected chi connectivity index (χ2v) is 6.12. The van der Waals surface area contributed by atoms with Gasteiger partial charge in [-0.3, -0.25) is 9.69 Å². The number of carbonyl (C=O) groups excluding carboxylic acids is 1. The SMILES string of the molecule is C=C(/N=C1\C(=C(\C)N)C=C(Br)C(=O)N1C(C)C)SC. The molecule has 104 valence electrons. The van der Waals surface area contributed by atoms with Crippen molar-refractivity contribution in [2.45, 2.75) is 26.8 Å². The van der Waals surface area contributed by atoms with Gasteiger partial charge in [0.2, 0.25) is 0 Å². The number of hydrogen-bond donors (Lipinski definition) is 1. The molecule has 1 heterocycles. The fraction of sp³-hybridized carbons (Fsp3) is 0.385. The molecule has 0 aromatic heterocycles. The number of nitrogens with zero attached hydrogens (tertiary/aromatic N) is 2. The molecule has 19 heavy (non-hydrogen) atoms. The van der Waals surface area contributed by atoms with Gasteiger partial charge in [0, 0.05) is 17.3 Å². The number of rotatable bonds is 3. The lowest BCUT2D eigenvalue weighted by atomic mass is 10.1. The van der Waals surface area contributed by atoms with Crippen LogP contribution in [0, 0.1) is 0 Å². The Hall–Kier alpha value is -1.01. The lowest BCUT2D eigenvalue weighted by Gasteiger charge is -2.32. The van der Waals surface area contributed by atoms with E-state index in [0.717, 1.165) is 5.57 Å². The summed E-state index contributed by atoms with van der Waals surface area (Å²) in [6.45, 7) is 9.50. The third kappa shape index (κ3) is 3.51. The van der Waals surface area contributed by atoms with Crippen molar-refractivity contribution < 1.29 is 4.79 Å². The van der Waals surface area contributed by atoms with Crippen LogP contribution >= 0.6 is 27.7 Å². The Morgan fingerprint density at radius 2 is 2.16 bits per heavy atom. The Kier molecular flexibility index (Phi) is 5.43. The number of allylic oxidation sites excluding steroid dienone is 1. The number of nitrogens with two attached hydrogens (primary N) is 1. The van der Waals surface area contributed by atoms with Crippen LogP contribution in [0.1, 0.15) is 20.8 Å². The van der Waals surface area contributed by atoms with E-state index in [1.165, 1.54) is 11.8 Å². The maximum Gasteiger partial charge on any atom is 0.266 e. The van der Waals surface area contributed by atoms with Crippen LogP contribution in [0.3, 0.4) is 0 Å². The summed E-state index contributed by atoms with van der Waals surface area (Å²) in [6.07, 6.45) is 3.60. The standard InChI is InChI=1S/C13H18BrN3OS/c1-7(2)17-12(16-9(4)19-5)10(8(3)15)6-11(14)13(17)18/h6-7H,4,15H2,1-3,5H3/b10-8-,16-12+. The molecule has 0 saturated heterocycles. The van der Waals surface area contributed by atoms with E-state index in [0.29, 0.717) is 21.0 Å². The van der Waals surface area contributed by atoms with E-state index in [2.05, 4.69) is 27.5 Å². The summed E-state index contributed by atoms with van der Waals surface area (Å²) in [6, 6.07) is -0.0171. The van der Waals surface area contributed by atoms with Gasteiger partial charge in [-0.15, -0.1) is 11.8 Å². The minimum absolute atomic E-state index is 0.0171. The van der Waals surface area contributed by atoms with Gasteiger partial charge in [0.1, 0.15) is 5.84 Å². The maximum absolute atomic E-state index is 12.2. The summed E-state index contributed by atoms with van der Waals surface area (Å²) in [5.74, 6) is 0.440. The van der Waals surface area contributed by atoms with Crippen LogP contribution in [0.15, 0.2) is 38.4 Å². The Bertz CT molecular complexity index is 502. The minimum atomic E-state index is -0.118. The molecule has 6 heteroatoms. The van der Waals surface area contributed by atoms with E-state index in [9.17, 15) is 4.79 Å². The highest BCUT2D eigenvalue weighted by Crippen LogP contribution is 2.27. The molecule has 0 aromatic carbocycles. The fourth-order valence-electron chi connectivity index (χ4n) is 1.64. The summed E-state index contributed by atoms with van der Waals surface area (Å²) < 4.78 is 0.481. The number of amides is 1. The van der Waals surface area contributed by atoms with Gasteiger partial charge in [-0.25, -0.2) is 4.99 Å². The van der Waals surface area contributed by atoms with Crippen molar-refractivity contribution in [1.82, 2.24) is 4.90 Å². The third-order valence-corrected chi connectivity index (χ3v) is 3.70. The van der Waals surface area contributed by atoms with E-state index < -0.39 is 0 Å². The summed E-state index contributed by atoms with van der Waals surface area (Å²) >= 11 is 4.71. The molecule has 0 bridgehead atoms. The summed E-state index contributed by atoms with van der Waals surface area (Å²) in [5.41, 5.74) is 7.26. The van der Waals surface area contributed by atoms with Crippen molar-refractivity contribution in [2.24, 2.45) is 10.7 Å². The number of aliphatic imine (C=N–C) groups is 1. The summed E-state index contributed by atoms with van der Waals surface area (Å²) in [4.78, 5) is 18.3. The number of carbonyl (C=O) groups is 1. The highest BCUT2D eigenvalue weighted by Gasteiger charge is 2.31. The van der Waals surface area contributed by atoms with Crippen LogP contribution in [0.2, 0.25) is 0 Å². The molecule has 0 atom stereocenters. The van der Waals surface area contributed by atoms with E-state index in [4.69, 9.17) is 5.73 Å². The van der Waals surface area contributed by atoms with Gasteiger partial charge in [0.05, 0.1) is 9.51 Å². The molecular formula is C13H18BrN3OS. The highest BCUT2D eigenvalue weighted by molar-refractivity contribution is 9.12. The lowest BCUT2D eigenvalue weighted by molar-refractivity contribution is -0.123. The van der Waals surface area contributed by atoms with E-state index >= 15 is 0 Å². The first-order chi connectivity index (χ1) is 8.79. The van der Waals surface area contributed by atoms with Crippen LogP contribution in [-0.2, 0) is 4.79 Å². The lowest BCUT2D eigenvalue weighted by Crippen LogP contribution is -2.45. The zero-order valence-corrected chi connectivity index (χ0v) is 13.9. The molecule has 0 radical (unpaired) electrons. The molecule has 1 aliphatic rings. The average molecular weight is 344 g/mol. The first kappa shape index (κ1) is 16.0. The van der Waals surface area contributed by atoms with Crippen molar-refractivity contribution in [2.75, 3.05) is 6.26 Å². The Morgan fingerprint density at radius 3 is 2.58 bits per heavy atom. The van der Waals surface area contributed by atoms with Gasteiger partial charge < -0.3 is 5.73 Å². The highest BCUT2D eigenvalue weighted by atomic mass is 79.9. The first-order valence-electron chi connectivity index (χ1n) is 5.78. The molecule has 0 unspecified atom stereocenters. The van der Waals surface area contributed by atoms with Crippen LogP contribution in [0.5, 0.6) is 0 Å². The van der Waals surface area contributed by atoms with Gasteiger partial charge in [-0.05, 0) is 49.0 Å². The van der Waals surface area contributed by atoms with Gasteiger partial charge in [-0.1, -0.05) is 6.58 Å². The van der Waals surface area contributed by atoms with Gasteiger partial charge >= 0.3 is 0 Å². The summed E-state index contributed by atoms with van der Waals surface area (Å²) in [7, 11) is 0. The third-order valence-electron chi connectivity index (χ3n) is 2.57. The van der Waals surface area contributed by atoms with Crippen LogP contribution in [0.25, 0.3) is 0 Å². The molecule has 1 amide bonds. The number of amidine groups is 1. The normalized spacial score (nSPS) is 20.9. The Labute approximate surface area is 126 Å². The molecule has 0 saturated carbocycles. The monoisotopic (exact) mass is 343 g/mol. The zero-order valence-electron chi connectivity index (χ0n) is 11.5. The number of halogens is 1. The molecule has 0 aliphatic carbocycles. The predicted octanol–water partition coefficient (Wildman–Crippen LogP) is 2.98. The van der Waals surface area contributed by atoms with E-state index in [-0.39, 0.29) is 11.9 Å². The molecule has 0 spiro atoms. The Morgan fingerprint density at radius 1 is 1.58 bits per heavy atom. The molecular weight excluding hydrogens is 326 g/mol. The fourth-order valence-corrected chi connectivity index (χ4v) is 2.24. The average Bonchev–Trinajstić information content (AvgIpc) is 2.32. The van der Waals surface area contributed by atoms with Gasteiger partial charge in [0.25, 0.3) is 5.91 Å². The van der Waals surface area contributed by atoms with Crippen LogP contribution in [-0.4, -0.2) is 28.9 Å². The second-order valence-electron chi connectivity index (χ2n) is 4.39. The van der Waals surface area contributed by atoms with Gasteiger partial charge in [-0.2, -0.15) is 0 Å². The van der Waals surface area contributed by atoms with Crippen molar-refractivity contribution in [3.8, 4) is 0 Å². The van der Waals surface area contributed by atoms with E-state index in [1.807, 2.05) is 20.1 Å². The number of hydrogen-bond acceptors (Lipinski definition) is 4. The summed E-state index contributed by atoms with van der Waals surface area (Å²) in [5, 5.41) is 0.638. The molecule has 0 fully saturated rings.